The first-order valence-electron chi connectivity index (χ1n) is 12.2. The Morgan fingerprint density at radius 3 is 2.71 bits per heavy atom. The molecule has 13 heteroatoms. The number of thiophene rings is 1. The second-order valence-corrected chi connectivity index (χ2v) is 10.9. The standard InChI is InChI=1S/C25H29ClF2N4O5S/c1-31(13-15-3-2-4-15)18(12-29-24(35)20-7-8-21(26)38-20)23(34)30-17-6-5-16(11-19(17)37-25(27)28)32-9-10-36-14-22(32)33/h5-8,11,15,18,25H,2-4,9-10,12-14H2,1H3,(H,29,35)(H,30,34)/t18-/m1/s1. The van der Waals surface area contributed by atoms with Gasteiger partial charge < -0.3 is 25.0 Å². The van der Waals surface area contributed by atoms with Gasteiger partial charge in [-0.25, -0.2) is 0 Å². The zero-order valence-electron chi connectivity index (χ0n) is 20.8. The molecule has 1 aliphatic carbocycles. The number of nitrogens with one attached hydrogen (secondary N) is 2. The van der Waals surface area contributed by atoms with Crippen LogP contribution in [-0.2, 0) is 14.3 Å². The Hall–Kier alpha value is -2.80. The fourth-order valence-corrected chi connectivity index (χ4v) is 5.31. The molecule has 2 aliphatic rings. The van der Waals surface area contributed by atoms with Crippen LogP contribution in [0.3, 0.4) is 0 Å². The molecule has 4 rings (SSSR count). The largest absolute Gasteiger partial charge is 0.433 e. The zero-order valence-corrected chi connectivity index (χ0v) is 22.3. The molecule has 0 unspecified atom stereocenters. The lowest BCUT2D eigenvalue weighted by molar-refractivity contribution is -0.125. The van der Waals surface area contributed by atoms with E-state index in [-0.39, 0.29) is 42.9 Å². The van der Waals surface area contributed by atoms with E-state index in [2.05, 4.69) is 10.6 Å². The van der Waals surface area contributed by atoms with Gasteiger partial charge in [-0.05, 0) is 50.1 Å². The second-order valence-electron chi connectivity index (χ2n) is 9.21. The fraction of sp³-hybridized carbons (Fsp3) is 0.480. The van der Waals surface area contributed by atoms with Gasteiger partial charge in [0.1, 0.15) is 12.6 Å². The van der Waals surface area contributed by atoms with Crippen LogP contribution >= 0.6 is 22.9 Å². The number of benzene rings is 1. The summed E-state index contributed by atoms with van der Waals surface area (Å²) in [7, 11) is 1.79. The van der Waals surface area contributed by atoms with Gasteiger partial charge in [-0.15, -0.1) is 11.3 Å². The van der Waals surface area contributed by atoms with Gasteiger partial charge in [0.25, 0.3) is 11.8 Å². The number of alkyl halides is 2. The maximum atomic E-state index is 13.4. The summed E-state index contributed by atoms with van der Waals surface area (Å²) in [4.78, 5) is 41.9. The lowest BCUT2D eigenvalue weighted by atomic mass is 9.85. The second kappa shape index (κ2) is 12.8. The van der Waals surface area contributed by atoms with E-state index in [0.717, 1.165) is 30.6 Å². The Balaban J connectivity index is 1.51. The van der Waals surface area contributed by atoms with Crippen LogP contribution in [0.15, 0.2) is 30.3 Å². The maximum Gasteiger partial charge on any atom is 0.387 e. The molecule has 1 aliphatic heterocycles. The Morgan fingerprint density at radius 2 is 2.08 bits per heavy atom. The summed E-state index contributed by atoms with van der Waals surface area (Å²) in [6.07, 6.45) is 3.26. The van der Waals surface area contributed by atoms with Crippen LogP contribution in [0.2, 0.25) is 4.34 Å². The van der Waals surface area contributed by atoms with Crippen molar-refractivity contribution in [3.63, 3.8) is 0 Å². The van der Waals surface area contributed by atoms with Gasteiger partial charge in [-0.2, -0.15) is 8.78 Å². The lowest BCUT2D eigenvalue weighted by Crippen LogP contribution is -2.51. The first-order valence-corrected chi connectivity index (χ1v) is 13.4. The van der Waals surface area contributed by atoms with Crippen molar-refractivity contribution in [3.05, 3.63) is 39.5 Å². The van der Waals surface area contributed by atoms with Crippen LogP contribution in [0, 0.1) is 5.92 Å². The number of ether oxygens (including phenoxy) is 2. The summed E-state index contributed by atoms with van der Waals surface area (Å²) in [5, 5.41) is 5.45. The third-order valence-corrected chi connectivity index (χ3v) is 7.83. The number of likely N-dealkylation sites (N-methyl/N-ethyl adjacent to an activating group) is 1. The first kappa shape index (κ1) is 28.2. The van der Waals surface area contributed by atoms with E-state index in [1.54, 1.807) is 25.2 Å². The first-order chi connectivity index (χ1) is 18.2. The van der Waals surface area contributed by atoms with Crippen molar-refractivity contribution >= 4 is 52.0 Å². The predicted molar refractivity (Wildman–Crippen MR) is 140 cm³/mol. The fourth-order valence-electron chi connectivity index (χ4n) is 4.35. The SMILES string of the molecule is CN(CC1CCC1)[C@H](CNC(=O)c1ccc(Cl)s1)C(=O)Nc1ccc(N2CCOCC2=O)cc1OC(F)F. The number of carbonyl (C=O) groups is 3. The monoisotopic (exact) mass is 570 g/mol. The number of morpholine rings is 1. The number of carbonyl (C=O) groups excluding carboxylic acids is 3. The predicted octanol–water partition coefficient (Wildman–Crippen LogP) is 3.84. The highest BCUT2D eigenvalue weighted by Gasteiger charge is 2.30. The van der Waals surface area contributed by atoms with Gasteiger partial charge in [-0.1, -0.05) is 18.0 Å². The highest BCUT2D eigenvalue weighted by Crippen LogP contribution is 2.33. The van der Waals surface area contributed by atoms with Crippen molar-refractivity contribution in [2.45, 2.75) is 31.9 Å². The number of amides is 3. The molecule has 0 bridgehead atoms. The van der Waals surface area contributed by atoms with Crippen molar-refractivity contribution in [1.82, 2.24) is 10.2 Å². The molecule has 2 N–H and O–H groups in total. The summed E-state index contributed by atoms with van der Waals surface area (Å²) in [6.45, 7) is -2.03. The smallest absolute Gasteiger partial charge is 0.387 e. The summed E-state index contributed by atoms with van der Waals surface area (Å²) in [6, 6.07) is 6.70. The van der Waals surface area contributed by atoms with Gasteiger partial charge in [0.05, 0.1) is 21.5 Å². The van der Waals surface area contributed by atoms with Crippen molar-refractivity contribution in [2.24, 2.45) is 5.92 Å². The van der Waals surface area contributed by atoms with Gasteiger partial charge >= 0.3 is 6.61 Å². The highest BCUT2D eigenvalue weighted by molar-refractivity contribution is 7.18. The quantitative estimate of drug-likeness (QED) is 0.426. The number of halogens is 3. The topological polar surface area (TPSA) is 100 Å². The average molecular weight is 571 g/mol. The van der Waals surface area contributed by atoms with Crippen LogP contribution < -0.4 is 20.3 Å². The van der Waals surface area contributed by atoms with Crippen molar-refractivity contribution < 1.29 is 32.6 Å². The van der Waals surface area contributed by atoms with Crippen LogP contribution in [0.5, 0.6) is 5.75 Å². The Bertz CT molecular complexity index is 1160. The summed E-state index contributed by atoms with van der Waals surface area (Å²) in [5.74, 6) is -0.992. The van der Waals surface area contributed by atoms with Gasteiger partial charge in [-0.3, -0.25) is 19.3 Å². The molecule has 1 saturated carbocycles. The molecular weight excluding hydrogens is 542 g/mol. The molecule has 0 radical (unpaired) electrons. The molecule has 1 atom stereocenters. The molecule has 9 nitrogen and oxygen atoms in total. The van der Waals surface area contributed by atoms with E-state index >= 15 is 0 Å². The minimum absolute atomic E-state index is 0.00515. The molecule has 2 heterocycles. The molecule has 206 valence electrons. The van der Waals surface area contributed by atoms with E-state index in [0.29, 0.717) is 34.0 Å². The minimum Gasteiger partial charge on any atom is -0.433 e. The van der Waals surface area contributed by atoms with Crippen molar-refractivity contribution in [1.29, 1.82) is 0 Å². The van der Waals surface area contributed by atoms with E-state index in [1.807, 2.05) is 4.90 Å². The molecule has 2 aromatic rings. The molecule has 38 heavy (non-hydrogen) atoms. The Labute approximate surface area is 228 Å². The van der Waals surface area contributed by atoms with Gasteiger partial charge in [0, 0.05) is 31.4 Å². The molecule has 2 fully saturated rings. The normalized spacial score (nSPS) is 16.9. The summed E-state index contributed by atoms with van der Waals surface area (Å²) in [5.41, 5.74) is 0.380. The zero-order chi connectivity index (χ0) is 27.2. The highest BCUT2D eigenvalue weighted by atomic mass is 35.5. The average Bonchev–Trinajstić information content (AvgIpc) is 3.29. The number of nitrogens with zero attached hydrogens (tertiary/aromatic N) is 2. The lowest BCUT2D eigenvalue weighted by Gasteiger charge is -2.34. The molecule has 1 saturated heterocycles. The third kappa shape index (κ3) is 7.19. The third-order valence-electron chi connectivity index (χ3n) is 6.60. The molecule has 1 aromatic heterocycles. The van der Waals surface area contributed by atoms with Gasteiger partial charge in [0.15, 0.2) is 5.75 Å². The van der Waals surface area contributed by atoms with Crippen LogP contribution in [-0.4, -0.2) is 75.2 Å². The van der Waals surface area contributed by atoms with Crippen LogP contribution in [0.4, 0.5) is 20.2 Å². The van der Waals surface area contributed by atoms with Crippen LogP contribution in [0.25, 0.3) is 0 Å². The van der Waals surface area contributed by atoms with Crippen LogP contribution in [0.1, 0.15) is 28.9 Å². The summed E-state index contributed by atoms with van der Waals surface area (Å²) < 4.78 is 36.8. The molecule has 1 aromatic carbocycles. The molecule has 0 spiro atoms. The number of anilines is 2. The number of hydrogen-bond donors (Lipinski definition) is 2. The van der Waals surface area contributed by atoms with Crippen molar-refractivity contribution in [2.75, 3.05) is 50.1 Å². The van der Waals surface area contributed by atoms with E-state index < -0.39 is 18.6 Å². The molecular formula is C25H29ClF2N4O5S. The molecule has 3 amide bonds. The minimum atomic E-state index is -3.14. The van der Waals surface area contributed by atoms with Crippen molar-refractivity contribution in [3.8, 4) is 5.75 Å². The number of hydrogen-bond acceptors (Lipinski definition) is 7. The Kier molecular flexibility index (Phi) is 9.53. The summed E-state index contributed by atoms with van der Waals surface area (Å²) >= 11 is 7.06. The van der Waals surface area contributed by atoms with E-state index in [1.165, 1.54) is 17.0 Å². The van der Waals surface area contributed by atoms with Gasteiger partial charge in [0.2, 0.25) is 5.91 Å². The van der Waals surface area contributed by atoms with E-state index in [9.17, 15) is 23.2 Å². The Morgan fingerprint density at radius 1 is 1.29 bits per heavy atom. The maximum absolute atomic E-state index is 13.4. The van der Waals surface area contributed by atoms with E-state index in [4.69, 9.17) is 21.1 Å². The number of rotatable bonds is 11.